The van der Waals surface area contributed by atoms with Crippen LogP contribution in [-0.4, -0.2) is 17.3 Å². The largest absolute Gasteiger partial charge is 0.464 e. The first kappa shape index (κ1) is 13.7. The van der Waals surface area contributed by atoms with E-state index in [9.17, 15) is 5.11 Å². The zero-order chi connectivity index (χ0) is 14.0. The second kappa shape index (κ2) is 5.58. The highest BCUT2D eigenvalue weighted by molar-refractivity contribution is 5.80. The van der Waals surface area contributed by atoms with Gasteiger partial charge in [-0.05, 0) is 37.7 Å². The Bertz CT molecular complexity index is 567. The number of nitrogens with one attached hydrogen (secondary N) is 1. The fourth-order valence-corrected chi connectivity index (χ4v) is 3.16. The Labute approximate surface area is 120 Å². The standard InChI is InChI=1S/C17H23NO2/c1-13-6-8-17(12-19,9-7-13)18-10-14-11-20-16-5-3-2-4-15(14)16/h2-5,11,13,18-19H,6-10,12H2,1H3. The number of benzene rings is 1. The maximum absolute atomic E-state index is 9.78. The van der Waals surface area contributed by atoms with Crippen LogP contribution in [0.3, 0.4) is 0 Å². The third kappa shape index (κ3) is 2.60. The molecule has 1 aliphatic rings. The van der Waals surface area contributed by atoms with Crippen LogP contribution in [-0.2, 0) is 6.54 Å². The molecule has 1 saturated carbocycles. The zero-order valence-corrected chi connectivity index (χ0v) is 12.1. The van der Waals surface area contributed by atoms with Gasteiger partial charge in [0.05, 0.1) is 12.9 Å². The minimum Gasteiger partial charge on any atom is -0.464 e. The predicted molar refractivity (Wildman–Crippen MR) is 80.5 cm³/mol. The Morgan fingerprint density at radius 1 is 1.30 bits per heavy atom. The quantitative estimate of drug-likeness (QED) is 0.896. The van der Waals surface area contributed by atoms with E-state index in [1.54, 1.807) is 0 Å². The van der Waals surface area contributed by atoms with E-state index < -0.39 is 0 Å². The van der Waals surface area contributed by atoms with Gasteiger partial charge in [0.2, 0.25) is 0 Å². The second-order valence-corrected chi connectivity index (χ2v) is 6.23. The third-order valence-corrected chi connectivity index (χ3v) is 4.75. The zero-order valence-electron chi connectivity index (χ0n) is 12.1. The van der Waals surface area contributed by atoms with Crippen LogP contribution in [0.25, 0.3) is 11.0 Å². The molecule has 0 aliphatic heterocycles. The van der Waals surface area contributed by atoms with Gasteiger partial charge in [-0.2, -0.15) is 0 Å². The van der Waals surface area contributed by atoms with Crippen LogP contribution in [0, 0.1) is 5.92 Å². The summed E-state index contributed by atoms with van der Waals surface area (Å²) >= 11 is 0. The molecule has 3 heteroatoms. The van der Waals surface area contributed by atoms with Crippen molar-refractivity contribution < 1.29 is 9.52 Å². The lowest BCUT2D eigenvalue weighted by Gasteiger charge is -2.39. The number of hydrogen-bond acceptors (Lipinski definition) is 3. The van der Waals surface area contributed by atoms with E-state index in [4.69, 9.17) is 4.42 Å². The molecule has 108 valence electrons. The van der Waals surface area contributed by atoms with Crippen molar-refractivity contribution in [3.8, 4) is 0 Å². The maximum atomic E-state index is 9.78. The molecule has 1 aromatic heterocycles. The highest BCUT2D eigenvalue weighted by atomic mass is 16.3. The van der Waals surface area contributed by atoms with Crippen LogP contribution in [0.15, 0.2) is 34.9 Å². The molecule has 0 unspecified atom stereocenters. The molecule has 0 atom stereocenters. The number of aliphatic hydroxyl groups is 1. The SMILES string of the molecule is CC1CCC(CO)(NCc2coc3ccccc23)CC1. The lowest BCUT2D eigenvalue weighted by atomic mass is 9.77. The summed E-state index contributed by atoms with van der Waals surface area (Å²) in [7, 11) is 0. The number of aliphatic hydroxyl groups excluding tert-OH is 1. The van der Waals surface area contributed by atoms with Crippen LogP contribution in [0.4, 0.5) is 0 Å². The predicted octanol–water partition coefficient (Wildman–Crippen LogP) is 3.46. The fourth-order valence-electron chi connectivity index (χ4n) is 3.16. The van der Waals surface area contributed by atoms with E-state index >= 15 is 0 Å². The Morgan fingerprint density at radius 2 is 2.05 bits per heavy atom. The number of hydrogen-bond donors (Lipinski definition) is 2. The van der Waals surface area contributed by atoms with E-state index in [0.717, 1.165) is 36.3 Å². The molecule has 0 bridgehead atoms. The molecule has 3 nitrogen and oxygen atoms in total. The van der Waals surface area contributed by atoms with Crippen LogP contribution in [0.1, 0.15) is 38.2 Å². The minimum atomic E-state index is -0.106. The summed E-state index contributed by atoms with van der Waals surface area (Å²) < 4.78 is 5.57. The summed E-state index contributed by atoms with van der Waals surface area (Å²) in [4.78, 5) is 0. The average Bonchev–Trinajstić information content (AvgIpc) is 2.91. The molecule has 1 heterocycles. The monoisotopic (exact) mass is 273 g/mol. The van der Waals surface area contributed by atoms with E-state index in [0.29, 0.717) is 0 Å². The van der Waals surface area contributed by atoms with E-state index in [1.807, 2.05) is 24.5 Å². The lowest BCUT2D eigenvalue weighted by molar-refractivity contribution is 0.104. The second-order valence-electron chi connectivity index (χ2n) is 6.23. The Morgan fingerprint density at radius 3 is 2.80 bits per heavy atom. The van der Waals surface area contributed by atoms with Crippen LogP contribution in [0.5, 0.6) is 0 Å². The number of para-hydroxylation sites is 1. The normalized spacial score (nSPS) is 27.0. The van der Waals surface area contributed by atoms with Crippen molar-refractivity contribution in [2.45, 2.75) is 44.7 Å². The Kier molecular flexibility index (Phi) is 3.81. The van der Waals surface area contributed by atoms with Crippen molar-refractivity contribution in [1.82, 2.24) is 5.32 Å². The maximum Gasteiger partial charge on any atom is 0.134 e. The third-order valence-electron chi connectivity index (χ3n) is 4.75. The summed E-state index contributed by atoms with van der Waals surface area (Å²) in [5.74, 6) is 0.784. The molecule has 1 fully saturated rings. The first-order valence-corrected chi connectivity index (χ1v) is 7.53. The van der Waals surface area contributed by atoms with Crippen LogP contribution >= 0.6 is 0 Å². The first-order valence-electron chi connectivity index (χ1n) is 7.53. The van der Waals surface area contributed by atoms with E-state index in [1.165, 1.54) is 18.4 Å². The van der Waals surface area contributed by atoms with Gasteiger partial charge in [-0.15, -0.1) is 0 Å². The smallest absolute Gasteiger partial charge is 0.134 e. The Balaban J connectivity index is 1.72. The Hall–Kier alpha value is -1.32. The molecule has 2 aromatic rings. The topological polar surface area (TPSA) is 45.4 Å². The molecule has 0 radical (unpaired) electrons. The van der Waals surface area contributed by atoms with Crippen molar-refractivity contribution in [2.75, 3.05) is 6.61 Å². The molecule has 1 aromatic carbocycles. The van der Waals surface area contributed by atoms with Gasteiger partial charge in [-0.3, -0.25) is 0 Å². The molecule has 3 rings (SSSR count). The van der Waals surface area contributed by atoms with Gasteiger partial charge in [0.1, 0.15) is 5.58 Å². The van der Waals surface area contributed by atoms with Gasteiger partial charge in [0, 0.05) is 23.0 Å². The molecule has 0 spiro atoms. The molecular weight excluding hydrogens is 250 g/mol. The van der Waals surface area contributed by atoms with Crippen molar-refractivity contribution in [1.29, 1.82) is 0 Å². The van der Waals surface area contributed by atoms with E-state index in [-0.39, 0.29) is 12.1 Å². The van der Waals surface area contributed by atoms with Crippen LogP contribution in [0.2, 0.25) is 0 Å². The lowest BCUT2D eigenvalue weighted by Crippen LogP contribution is -2.50. The molecule has 0 saturated heterocycles. The van der Waals surface area contributed by atoms with Crippen molar-refractivity contribution in [2.24, 2.45) is 5.92 Å². The van der Waals surface area contributed by atoms with Gasteiger partial charge in [-0.1, -0.05) is 25.1 Å². The molecular formula is C17H23NO2. The minimum absolute atomic E-state index is 0.106. The van der Waals surface area contributed by atoms with E-state index in [2.05, 4.69) is 18.3 Å². The fraction of sp³-hybridized carbons (Fsp3) is 0.529. The molecule has 0 amide bonds. The molecule has 20 heavy (non-hydrogen) atoms. The average molecular weight is 273 g/mol. The van der Waals surface area contributed by atoms with Gasteiger partial charge in [0.25, 0.3) is 0 Å². The van der Waals surface area contributed by atoms with Gasteiger partial charge < -0.3 is 14.8 Å². The summed E-state index contributed by atoms with van der Waals surface area (Å²) in [5.41, 5.74) is 2.00. The van der Waals surface area contributed by atoms with Gasteiger partial charge in [0.15, 0.2) is 0 Å². The number of furan rings is 1. The number of fused-ring (bicyclic) bond motifs is 1. The first-order chi connectivity index (χ1) is 9.72. The highest BCUT2D eigenvalue weighted by Gasteiger charge is 2.33. The van der Waals surface area contributed by atoms with Crippen molar-refractivity contribution >= 4 is 11.0 Å². The van der Waals surface area contributed by atoms with Crippen molar-refractivity contribution in [3.05, 3.63) is 36.1 Å². The summed E-state index contributed by atoms with van der Waals surface area (Å²) in [6.45, 7) is 3.27. The van der Waals surface area contributed by atoms with Gasteiger partial charge >= 0.3 is 0 Å². The number of rotatable bonds is 4. The summed E-state index contributed by atoms with van der Waals surface area (Å²) in [6, 6.07) is 8.10. The highest BCUT2D eigenvalue weighted by Crippen LogP contribution is 2.32. The molecule has 1 aliphatic carbocycles. The summed E-state index contributed by atoms with van der Waals surface area (Å²) in [6.07, 6.45) is 6.33. The summed E-state index contributed by atoms with van der Waals surface area (Å²) in [5, 5.41) is 14.5. The molecule has 2 N–H and O–H groups in total. The van der Waals surface area contributed by atoms with Crippen LogP contribution < -0.4 is 5.32 Å². The van der Waals surface area contributed by atoms with Crippen molar-refractivity contribution in [3.63, 3.8) is 0 Å². The van der Waals surface area contributed by atoms with Gasteiger partial charge in [-0.25, -0.2) is 0 Å².